The third-order valence-corrected chi connectivity index (χ3v) is 3.48. The molecule has 1 heterocycles. The summed E-state index contributed by atoms with van der Waals surface area (Å²) in [5.41, 5.74) is 0.732. The molecule has 0 saturated carbocycles. The summed E-state index contributed by atoms with van der Waals surface area (Å²) < 4.78 is 0. The number of aromatic nitrogens is 1. The van der Waals surface area contributed by atoms with Gasteiger partial charge in [0.2, 0.25) is 5.91 Å². The molecule has 0 radical (unpaired) electrons. The number of rotatable bonds is 7. The number of aryl methyl sites for hydroxylation is 1. The number of hydrogen-bond acceptors (Lipinski definition) is 4. The maximum atomic E-state index is 11.7. The second kappa shape index (κ2) is 7.23. The van der Waals surface area contributed by atoms with Gasteiger partial charge in [0.15, 0.2) is 0 Å². The largest absolute Gasteiger partial charge is 0.481 e. The van der Waals surface area contributed by atoms with Crippen molar-refractivity contribution in [3.05, 3.63) is 16.1 Å². The normalized spacial score (nSPS) is 12.4. The van der Waals surface area contributed by atoms with Crippen LogP contribution >= 0.6 is 11.3 Å². The van der Waals surface area contributed by atoms with Crippen LogP contribution in [0.25, 0.3) is 0 Å². The predicted molar refractivity (Wildman–Crippen MR) is 74.1 cm³/mol. The highest BCUT2D eigenvalue weighted by molar-refractivity contribution is 7.09. The number of carbonyl (C=O) groups excluding carboxylic acids is 1. The van der Waals surface area contributed by atoms with Gasteiger partial charge >= 0.3 is 5.97 Å². The Morgan fingerprint density at radius 3 is 2.63 bits per heavy atom. The van der Waals surface area contributed by atoms with Crippen LogP contribution in [0.4, 0.5) is 0 Å². The lowest BCUT2D eigenvalue weighted by Crippen LogP contribution is -2.34. The van der Waals surface area contributed by atoms with Crippen molar-refractivity contribution in [1.82, 2.24) is 10.3 Å². The second-order valence-electron chi connectivity index (χ2n) is 5.00. The number of thiazole rings is 1. The lowest BCUT2D eigenvalue weighted by Gasteiger charge is -2.15. The molecule has 0 bridgehead atoms. The highest BCUT2D eigenvalue weighted by Gasteiger charge is 2.19. The standard InChI is InChI=1S/C13H20N2O3S/c1-8(2)4-10(13(17)18)6-14-12(16)5-11-7-19-9(3)15-11/h7-8,10H,4-6H2,1-3H3,(H,14,16)(H,17,18). The summed E-state index contributed by atoms with van der Waals surface area (Å²) >= 11 is 1.50. The van der Waals surface area contributed by atoms with Gasteiger partial charge in [0, 0.05) is 11.9 Å². The zero-order chi connectivity index (χ0) is 14.4. The van der Waals surface area contributed by atoms with Crippen LogP contribution in [0.15, 0.2) is 5.38 Å². The predicted octanol–water partition coefficient (Wildman–Crippen LogP) is 1.86. The number of carboxylic acids is 1. The van der Waals surface area contributed by atoms with Gasteiger partial charge in [-0.05, 0) is 19.3 Å². The van der Waals surface area contributed by atoms with Gasteiger partial charge in [0.05, 0.1) is 23.0 Å². The molecule has 1 unspecified atom stereocenters. The Balaban J connectivity index is 2.41. The van der Waals surface area contributed by atoms with E-state index in [0.29, 0.717) is 12.3 Å². The second-order valence-corrected chi connectivity index (χ2v) is 6.07. The molecule has 19 heavy (non-hydrogen) atoms. The zero-order valence-corrected chi connectivity index (χ0v) is 12.3. The number of hydrogen-bond donors (Lipinski definition) is 2. The van der Waals surface area contributed by atoms with E-state index in [1.54, 1.807) is 0 Å². The van der Waals surface area contributed by atoms with Crippen molar-refractivity contribution in [3.63, 3.8) is 0 Å². The molecular formula is C13H20N2O3S. The fourth-order valence-corrected chi connectivity index (χ4v) is 2.41. The first-order valence-corrected chi connectivity index (χ1v) is 7.17. The first-order valence-electron chi connectivity index (χ1n) is 6.29. The van der Waals surface area contributed by atoms with Crippen molar-refractivity contribution in [3.8, 4) is 0 Å². The average molecular weight is 284 g/mol. The van der Waals surface area contributed by atoms with E-state index in [4.69, 9.17) is 5.11 Å². The Bertz CT molecular complexity index is 443. The van der Waals surface area contributed by atoms with E-state index in [-0.39, 0.29) is 18.9 Å². The van der Waals surface area contributed by atoms with Gasteiger partial charge in [-0.3, -0.25) is 9.59 Å². The van der Waals surface area contributed by atoms with Crippen molar-refractivity contribution in [2.75, 3.05) is 6.54 Å². The van der Waals surface area contributed by atoms with Crippen molar-refractivity contribution in [2.45, 2.75) is 33.6 Å². The number of carboxylic acid groups (broad SMARTS) is 1. The Morgan fingerprint density at radius 1 is 1.47 bits per heavy atom. The van der Waals surface area contributed by atoms with Crippen LogP contribution < -0.4 is 5.32 Å². The smallest absolute Gasteiger partial charge is 0.308 e. The maximum Gasteiger partial charge on any atom is 0.308 e. The molecule has 106 valence electrons. The summed E-state index contributed by atoms with van der Waals surface area (Å²) in [5, 5.41) is 14.5. The number of aliphatic carboxylic acids is 1. The fourth-order valence-electron chi connectivity index (χ4n) is 1.79. The molecule has 0 saturated heterocycles. The molecule has 2 N–H and O–H groups in total. The van der Waals surface area contributed by atoms with Crippen molar-refractivity contribution in [2.24, 2.45) is 11.8 Å². The monoisotopic (exact) mass is 284 g/mol. The molecule has 0 aliphatic rings. The van der Waals surface area contributed by atoms with Crippen LogP contribution in [0, 0.1) is 18.8 Å². The number of nitrogens with zero attached hydrogens (tertiary/aromatic N) is 1. The van der Waals surface area contributed by atoms with Gasteiger partial charge in [-0.15, -0.1) is 11.3 Å². The first-order chi connectivity index (χ1) is 8.88. The SMILES string of the molecule is Cc1nc(CC(=O)NCC(CC(C)C)C(=O)O)cs1. The summed E-state index contributed by atoms with van der Waals surface area (Å²) in [6.07, 6.45) is 0.768. The first kappa shape index (κ1) is 15.6. The molecule has 1 aromatic rings. The van der Waals surface area contributed by atoms with Gasteiger partial charge in [-0.2, -0.15) is 0 Å². The summed E-state index contributed by atoms with van der Waals surface area (Å²) in [4.78, 5) is 26.9. The molecule has 5 nitrogen and oxygen atoms in total. The molecule has 0 aliphatic carbocycles. The third-order valence-electron chi connectivity index (χ3n) is 2.66. The average Bonchev–Trinajstić information content (AvgIpc) is 2.69. The molecule has 0 fully saturated rings. The van der Waals surface area contributed by atoms with Crippen LogP contribution in [0.1, 0.15) is 31.0 Å². The topological polar surface area (TPSA) is 79.3 Å². The van der Waals surface area contributed by atoms with E-state index in [1.165, 1.54) is 11.3 Å². The number of nitrogens with one attached hydrogen (secondary N) is 1. The van der Waals surface area contributed by atoms with Crippen LogP contribution in [0.3, 0.4) is 0 Å². The lowest BCUT2D eigenvalue weighted by molar-refractivity contribution is -0.142. The number of amides is 1. The van der Waals surface area contributed by atoms with Crippen LogP contribution in [-0.4, -0.2) is 28.5 Å². The number of carbonyl (C=O) groups is 2. The Kier molecular flexibility index (Phi) is 5.95. The third kappa shape index (κ3) is 5.83. The maximum absolute atomic E-state index is 11.7. The van der Waals surface area contributed by atoms with Gasteiger partial charge in [0.1, 0.15) is 0 Å². The molecule has 1 aromatic heterocycles. The van der Waals surface area contributed by atoms with Crippen molar-refractivity contribution < 1.29 is 14.7 Å². The molecule has 6 heteroatoms. The van der Waals surface area contributed by atoms with Gasteiger partial charge in [-0.25, -0.2) is 4.98 Å². The molecule has 1 amide bonds. The van der Waals surface area contributed by atoms with Crippen molar-refractivity contribution in [1.29, 1.82) is 0 Å². The zero-order valence-electron chi connectivity index (χ0n) is 11.5. The van der Waals surface area contributed by atoms with Crippen LogP contribution in [-0.2, 0) is 16.0 Å². The Morgan fingerprint density at radius 2 is 2.16 bits per heavy atom. The van der Waals surface area contributed by atoms with E-state index in [9.17, 15) is 9.59 Å². The van der Waals surface area contributed by atoms with Crippen LogP contribution in [0.2, 0.25) is 0 Å². The molecule has 0 aliphatic heterocycles. The molecule has 0 aromatic carbocycles. The Labute approximate surface area is 117 Å². The quantitative estimate of drug-likeness (QED) is 0.801. The highest BCUT2D eigenvalue weighted by atomic mass is 32.1. The van der Waals surface area contributed by atoms with E-state index >= 15 is 0 Å². The van der Waals surface area contributed by atoms with Gasteiger partial charge < -0.3 is 10.4 Å². The van der Waals surface area contributed by atoms with Crippen LogP contribution in [0.5, 0.6) is 0 Å². The summed E-state index contributed by atoms with van der Waals surface area (Å²) in [5.74, 6) is -1.28. The van der Waals surface area contributed by atoms with E-state index < -0.39 is 11.9 Å². The van der Waals surface area contributed by atoms with E-state index in [2.05, 4.69) is 10.3 Å². The highest BCUT2D eigenvalue weighted by Crippen LogP contribution is 2.11. The fraction of sp³-hybridized carbons (Fsp3) is 0.615. The molecular weight excluding hydrogens is 264 g/mol. The Hall–Kier alpha value is -1.43. The summed E-state index contributed by atoms with van der Waals surface area (Å²) in [6.45, 7) is 6.00. The minimum atomic E-state index is -0.862. The molecule has 0 spiro atoms. The van der Waals surface area contributed by atoms with E-state index in [0.717, 1.165) is 10.7 Å². The molecule has 1 atom stereocenters. The summed E-state index contributed by atoms with van der Waals surface area (Å²) in [6, 6.07) is 0. The minimum Gasteiger partial charge on any atom is -0.481 e. The van der Waals surface area contributed by atoms with E-state index in [1.807, 2.05) is 26.2 Å². The lowest BCUT2D eigenvalue weighted by atomic mass is 9.97. The van der Waals surface area contributed by atoms with Gasteiger partial charge in [0.25, 0.3) is 0 Å². The molecule has 1 rings (SSSR count). The van der Waals surface area contributed by atoms with Gasteiger partial charge in [-0.1, -0.05) is 13.8 Å². The van der Waals surface area contributed by atoms with Crippen molar-refractivity contribution >= 4 is 23.2 Å². The minimum absolute atomic E-state index is 0.176. The summed E-state index contributed by atoms with van der Waals surface area (Å²) in [7, 11) is 0.